The Bertz CT molecular complexity index is 448. The molecule has 1 aromatic rings. The third-order valence-corrected chi connectivity index (χ3v) is 5.46. The zero-order chi connectivity index (χ0) is 13.3. The molecule has 19 heavy (non-hydrogen) atoms. The molecule has 0 aromatic heterocycles. The third-order valence-electron chi connectivity index (χ3n) is 4.60. The fourth-order valence-corrected chi connectivity index (χ4v) is 3.67. The molecule has 0 unspecified atom stereocenters. The lowest BCUT2D eigenvalue weighted by Crippen LogP contribution is -2.35. The summed E-state index contributed by atoms with van der Waals surface area (Å²) in [6.07, 6.45) is 9.11. The van der Waals surface area contributed by atoms with E-state index in [2.05, 4.69) is 11.4 Å². The maximum Gasteiger partial charge on any atom is 0.0624 e. The van der Waals surface area contributed by atoms with Crippen molar-refractivity contribution in [3.8, 4) is 0 Å². The van der Waals surface area contributed by atoms with Crippen LogP contribution in [0, 0.1) is 5.41 Å². The van der Waals surface area contributed by atoms with Gasteiger partial charge in [0.1, 0.15) is 0 Å². The standard InChI is InChI=1S/C16H21Cl2N/c17-14-5-3-4-12(15(14)18)10-16(8-1-2-9-16)11-19-13-6-7-13/h3-5,13,19H,1-2,6-11H2. The summed E-state index contributed by atoms with van der Waals surface area (Å²) in [7, 11) is 0. The molecule has 0 amide bonds. The summed E-state index contributed by atoms with van der Waals surface area (Å²) in [5, 5.41) is 5.15. The Balaban J connectivity index is 1.74. The van der Waals surface area contributed by atoms with Crippen LogP contribution in [0.4, 0.5) is 0 Å². The summed E-state index contributed by atoms with van der Waals surface area (Å²) < 4.78 is 0. The van der Waals surface area contributed by atoms with Crippen molar-refractivity contribution >= 4 is 23.2 Å². The van der Waals surface area contributed by atoms with E-state index in [4.69, 9.17) is 23.2 Å². The zero-order valence-corrected chi connectivity index (χ0v) is 12.7. The highest BCUT2D eigenvalue weighted by atomic mass is 35.5. The van der Waals surface area contributed by atoms with Gasteiger partial charge < -0.3 is 5.32 Å². The molecular weight excluding hydrogens is 277 g/mol. The van der Waals surface area contributed by atoms with E-state index in [-0.39, 0.29) is 0 Å². The molecule has 0 heterocycles. The van der Waals surface area contributed by atoms with Crippen molar-refractivity contribution in [2.75, 3.05) is 6.54 Å². The molecule has 2 saturated carbocycles. The summed E-state index contributed by atoms with van der Waals surface area (Å²) in [5.41, 5.74) is 1.62. The van der Waals surface area contributed by atoms with Crippen molar-refractivity contribution in [3.63, 3.8) is 0 Å². The van der Waals surface area contributed by atoms with Gasteiger partial charge in [-0.1, -0.05) is 48.2 Å². The molecule has 2 aliphatic carbocycles. The van der Waals surface area contributed by atoms with Crippen LogP contribution < -0.4 is 5.32 Å². The minimum absolute atomic E-state index is 0.400. The van der Waals surface area contributed by atoms with Crippen molar-refractivity contribution in [2.24, 2.45) is 5.41 Å². The van der Waals surface area contributed by atoms with E-state index in [0.29, 0.717) is 10.4 Å². The highest BCUT2D eigenvalue weighted by Gasteiger charge is 2.36. The van der Waals surface area contributed by atoms with E-state index in [0.717, 1.165) is 24.0 Å². The lowest BCUT2D eigenvalue weighted by Gasteiger charge is -2.30. The van der Waals surface area contributed by atoms with Gasteiger partial charge in [0.05, 0.1) is 10.0 Å². The Morgan fingerprint density at radius 3 is 2.58 bits per heavy atom. The van der Waals surface area contributed by atoms with E-state index in [9.17, 15) is 0 Å². The molecule has 1 nitrogen and oxygen atoms in total. The van der Waals surface area contributed by atoms with Crippen LogP contribution >= 0.6 is 23.2 Å². The molecule has 0 radical (unpaired) electrons. The number of rotatable bonds is 5. The van der Waals surface area contributed by atoms with Gasteiger partial charge in [0, 0.05) is 12.6 Å². The van der Waals surface area contributed by atoms with E-state index in [1.165, 1.54) is 44.1 Å². The Morgan fingerprint density at radius 1 is 1.16 bits per heavy atom. The maximum absolute atomic E-state index is 6.36. The van der Waals surface area contributed by atoms with Crippen LogP contribution in [-0.2, 0) is 6.42 Å². The minimum atomic E-state index is 0.400. The lowest BCUT2D eigenvalue weighted by atomic mass is 9.80. The van der Waals surface area contributed by atoms with Crippen LogP contribution in [-0.4, -0.2) is 12.6 Å². The Labute approximate surface area is 125 Å². The SMILES string of the molecule is Clc1cccc(CC2(CNC3CC3)CCCC2)c1Cl. The number of benzene rings is 1. The number of halogens is 2. The summed E-state index contributed by atoms with van der Waals surface area (Å²) in [5.74, 6) is 0. The molecular formula is C16H21Cl2N. The van der Waals surface area contributed by atoms with Gasteiger partial charge in [-0.2, -0.15) is 0 Å². The second kappa shape index (κ2) is 5.63. The second-order valence-corrected chi connectivity index (χ2v) is 7.04. The van der Waals surface area contributed by atoms with E-state index >= 15 is 0 Å². The minimum Gasteiger partial charge on any atom is -0.313 e. The molecule has 2 aliphatic rings. The zero-order valence-electron chi connectivity index (χ0n) is 11.2. The fourth-order valence-electron chi connectivity index (χ4n) is 3.28. The third kappa shape index (κ3) is 3.26. The monoisotopic (exact) mass is 297 g/mol. The van der Waals surface area contributed by atoms with Crippen molar-refractivity contribution in [1.29, 1.82) is 0 Å². The normalized spacial score (nSPS) is 21.8. The molecule has 0 aliphatic heterocycles. The van der Waals surface area contributed by atoms with E-state index in [1.54, 1.807) is 0 Å². The second-order valence-electron chi connectivity index (χ2n) is 6.25. The van der Waals surface area contributed by atoms with Gasteiger partial charge in [0.2, 0.25) is 0 Å². The number of nitrogens with one attached hydrogen (secondary N) is 1. The topological polar surface area (TPSA) is 12.0 Å². The molecule has 3 rings (SSSR count). The molecule has 1 aromatic carbocycles. The molecule has 0 spiro atoms. The molecule has 2 fully saturated rings. The average molecular weight is 298 g/mol. The van der Waals surface area contributed by atoms with Crippen molar-refractivity contribution in [3.05, 3.63) is 33.8 Å². The van der Waals surface area contributed by atoms with Crippen molar-refractivity contribution in [1.82, 2.24) is 5.32 Å². The average Bonchev–Trinajstić information content (AvgIpc) is 3.13. The maximum atomic E-state index is 6.36. The first kappa shape index (κ1) is 13.7. The van der Waals surface area contributed by atoms with Gasteiger partial charge in [0.15, 0.2) is 0 Å². The summed E-state index contributed by atoms with van der Waals surface area (Å²) in [6.45, 7) is 1.14. The van der Waals surface area contributed by atoms with Crippen LogP contribution in [0.1, 0.15) is 44.1 Å². The van der Waals surface area contributed by atoms with Gasteiger partial charge in [-0.05, 0) is 49.1 Å². The van der Waals surface area contributed by atoms with Crippen molar-refractivity contribution in [2.45, 2.75) is 51.0 Å². The van der Waals surface area contributed by atoms with Crippen LogP contribution in [0.15, 0.2) is 18.2 Å². The van der Waals surface area contributed by atoms with Crippen LogP contribution in [0.5, 0.6) is 0 Å². The van der Waals surface area contributed by atoms with Gasteiger partial charge in [-0.15, -0.1) is 0 Å². The summed E-state index contributed by atoms with van der Waals surface area (Å²) in [6, 6.07) is 6.80. The first-order valence-electron chi connectivity index (χ1n) is 7.35. The van der Waals surface area contributed by atoms with Gasteiger partial charge in [-0.25, -0.2) is 0 Å². The number of hydrogen-bond donors (Lipinski definition) is 1. The molecule has 0 saturated heterocycles. The Hall–Kier alpha value is -0.240. The summed E-state index contributed by atoms with van der Waals surface area (Å²) in [4.78, 5) is 0. The molecule has 3 heteroatoms. The smallest absolute Gasteiger partial charge is 0.0624 e. The van der Waals surface area contributed by atoms with Crippen LogP contribution in [0.2, 0.25) is 10.0 Å². The molecule has 104 valence electrons. The highest BCUT2D eigenvalue weighted by Crippen LogP contribution is 2.43. The first-order chi connectivity index (χ1) is 9.19. The predicted octanol–water partition coefficient (Wildman–Crippen LogP) is 4.85. The van der Waals surface area contributed by atoms with Gasteiger partial charge >= 0.3 is 0 Å². The molecule has 1 N–H and O–H groups in total. The Morgan fingerprint density at radius 2 is 1.89 bits per heavy atom. The van der Waals surface area contributed by atoms with Gasteiger partial charge in [0.25, 0.3) is 0 Å². The van der Waals surface area contributed by atoms with Crippen molar-refractivity contribution < 1.29 is 0 Å². The summed E-state index contributed by atoms with van der Waals surface area (Å²) >= 11 is 12.5. The van der Waals surface area contributed by atoms with Crippen LogP contribution in [0.3, 0.4) is 0 Å². The van der Waals surface area contributed by atoms with E-state index in [1.807, 2.05) is 12.1 Å². The van der Waals surface area contributed by atoms with Gasteiger partial charge in [-0.3, -0.25) is 0 Å². The first-order valence-corrected chi connectivity index (χ1v) is 8.10. The predicted molar refractivity (Wildman–Crippen MR) is 82.1 cm³/mol. The largest absolute Gasteiger partial charge is 0.313 e. The molecule has 0 atom stereocenters. The highest BCUT2D eigenvalue weighted by molar-refractivity contribution is 6.42. The van der Waals surface area contributed by atoms with E-state index < -0.39 is 0 Å². The van der Waals surface area contributed by atoms with Crippen LogP contribution in [0.25, 0.3) is 0 Å². The lowest BCUT2D eigenvalue weighted by molar-refractivity contribution is 0.276. The quantitative estimate of drug-likeness (QED) is 0.819. The molecule has 0 bridgehead atoms. The Kier molecular flexibility index (Phi) is 4.07. The number of hydrogen-bond acceptors (Lipinski definition) is 1. The fraction of sp³-hybridized carbons (Fsp3) is 0.625.